The third-order valence-corrected chi connectivity index (χ3v) is 3.63. The van der Waals surface area contributed by atoms with Crippen LogP contribution in [-0.4, -0.2) is 28.7 Å². The Balaban J connectivity index is 2.13. The summed E-state index contributed by atoms with van der Waals surface area (Å²) in [6.07, 6.45) is 2.12. The van der Waals surface area contributed by atoms with Gasteiger partial charge < -0.3 is 4.98 Å². The number of nitrogens with zero attached hydrogens (tertiary/aromatic N) is 1. The number of aromatic nitrogens is 1. The SMILES string of the molecule is Cc1ccc2[nH]cc(C3CC(=O)N(C)C3=O)c2c1. The van der Waals surface area contributed by atoms with Crippen molar-refractivity contribution in [1.29, 1.82) is 0 Å². The fraction of sp³-hybridized carbons (Fsp3) is 0.286. The predicted octanol–water partition coefficient (Wildman–Crippen LogP) is 1.95. The number of carbonyl (C=O) groups excluding carboxylic acids is 2. The van der Waals surface area contributed by atoms with Crippen molar-refractivity contribution in [1.82, 2.24) is 9.88 Å². The predicted molar refractivity (Wildman–Crippen MR) is 68.2 cm³/mol. The molecule has 92 valence electrons. The zero-order valence-electron chi connectivity index (χ0n) is 10.4. The van der Waals surface area contributed by atoms with E-state index in [9.17, 15) is 9.59 Å². The number of hydrogen-bond acceptors (Lipinski definition) is 2. The lowest BCUT2D eigenvalue weighted by atomic mass is 9.96. The van der Waals surface area contributed by atoms with Crippen molar-refractivity contribution < 1.29 is 9.59 Å². The number of likely N-dealkylation sites (N-methyl/N-ethyl adjacent to an activating group) is 1. The first kappa shape index (κ1) is 11.0. The molecule has 1 aromatic heterocycles. The summed E-state index contributed by atoms with van der Waals surface area (Å²) in [5, 5.41) is 1.04. The Labute approximate surface area is 105 Å². The van der Waals surface area contributed by atoms with E-state index in [2.05, 4.69) is 11.1 Å². The number of H-pyrrole nitrogens is 1. The molecule has 0 radical (unpaired) electrons. The molecule has 0 bridgehead atoms. The van der Waals surface area contributed by atoms with E-state index in [-0.39, 0.29) is 24.2 Å². The smallest absolute Gasteiger partial charge is 0.237 e. The van der Waals surface area contributed by atoms with Crippen LogP contribution in [0, 0.1) is 6.92 Å². The van der Waals surface area contributed by atoms with Crippen LogP contribution in [-0.2, 0) is 9.59 Å². The summed E-state index contributed by atoms with van der Waals surface area (Å²) in [5.41, 5.74) is 3.08. The highest BCUT2D eigenvalue weighted by Crippen LogP contribution is 2.33. The minimum atomic E-state index is -0.335. The number of fused-ring (bicyclic) bond motifs is 1. The fourth-order valence-corrected chi connectivity index (χ4v) is 2.54. The Hall–Kier alpha value is -2.10. The third-order valence-electron chi connectivity index (χ3n) is 3.63. The van der Waals surface area contributed by atoms with E-state index in [4.69, 9.17) is 0 Å². The monoisotopic (exact) mass is 242 g/mol. The number of hydrogen-bond donors (Lipinski definition) is 1. The molecule has 1 N–H and O–H groups in total. The molecule has 1 aromatic carbocycles. The van der Waals surface area contributed by atoms with Gasteiger partial charge in [-0.3, -0.25) is 14.5 Å². The molecule has 2 heterocycles. The van der Waals surface area contributed by atoms with E-state index in [1.54, 1.807) is 7.05 Å². The van der Waals surface area contributed by atoms with Crippen molar-refractivity contribution in [3.63, 3.8) is 0 Å². The maximum absolute atomic E-state index is 12.0. The number of aromatic amines is 1. The number of rotatable bonds is 1. The molecule has 1 fully saturated rings. The lowest BCUT2D eigenvalue weighted by Gasteiger charge is -2.08. The summed E-state index contributed by atoms with van der Waals surface area (Å²) < 4.78 is 0. The van der Waals surface area contributed by atoms with E-state index in [1.807, 2.05) is 25.3 Å². The van der Waals surface area contributed by atoms with Gasteiger partial charge in [0.15, 0.2) is 0 Å². The number of imide groups is 1. The van der Waals surface area contributed by atoms with Crippen LogP contribution >= 0.6 is 0 Å². The lowest BCUT2D eigenvalue weighted by Crippen LogP contribution is -2.25. The van der Waals surface area contributed by atoms with Crippen LogP contribution in [0.2, 0.25) is 0 Å². The summed E-state index contributed by atoms with van der Waals surface area (Å²) in [6.45, 7) is 2.02. The highest BCUT2D eigenvalue weighted by Gasteiger charge is 2.38. The Bertz CT molecular complexity index is 657. The van der Waals surface area contributed by atoms with Gasteiger partial charge in [0.05, 0.1) is 5.92 Å². The topological polar surface area (TPSA) is 53.2 Å². The molecule has 2 amide bonds. The molecule has 1 atom stereocenters. The summed E-state index contributed by atoms with van der Waals surface area (Å²) in [6, 6.07) is 6.08. The number of amides is 2. The van der Waals surface area contributed by atoms with Crippen LogP contribution in [0.1, 0.15) is 23.5 Å². The van der Waals surface area contributed by atoms with Crippen LogP contribution in [0.5, 0.6) is 0 Å². The van der Waals surface area contributed by atoms with Gasteiger partial charge in [0.25, 0.3) is 0 Å². The quantitative estimate of drug-likeness (QED) is 0.777. The number of benzene rings is 1. The van der Waals surface area contributed by atoms with Gasteiger partial charge in [0.2, 0.25) is 11.8 Å². The zero-order chi connectivity index (χ0) is 12.9. The standard InChI is InChI=1S/C14H14N2O2/c1-8-3-4-12-9(5-8)11(7-15-12)10-6-13(17)16(2)14(10)18/h3-5,7,10,15H,6H2,1-2H3. The first-order chi connectivity index (χ1) is 8.58. The van der Waals surface area contributed by atoms with E-state index < -0.39 is 0 Å². The molecular weight excluding hydrogens is 228 g/mol. The molecule has 1 aliphatic rings. The number of carbonyl (C=O) groups is 2. The van der Waals surface area contributed by atoms with Gasteiger partial charge in [-0.15, -0.1) is 0 Å². The summed E-state index contributed by atoms with van der Waals surface area (Å²) >= 11 is 0. The van der Waals surface area contributed by atoms with Crippen molar-refractivity contribution in [3.8, 4) is 0 Å². The number of likely N-dealkylation sites (tertiary alicyclic amines) is 1. The minimum absolute atomic E-state index is 0.105. The second-order valence-corrected chi connectivity index (χ2v) is 4.84. The van der Waals surface area contributed by atoms with Crippen molar-refractivity contribution in [2.45, 2.75) is 19.3 Å². The lowest BCUT2D eigenvalue weighted by molar-refractivity contribution is -0.137. The highest BCUT2D eigenvalue weighted by atomic mass is 16.2. The molecule has 1 unspecified atom stereocenters. The number of nitrogens with one attached hydrogen (secondary N) is 1. The molecule has 0 aliphatic carbocycles. The van der Waals surface area contributed by atoms with Crippen molar-refractivity contribution in [2.24, 2.45) is 0 Å². The maximum atomic E-state index is 12.0. The van der Waals surface area contributed by atoms with Gasteiger partial charge in [-0.25, -0.2) is 0 Å². The van der Waals surface area contributed by atoms with Crippen molar-refractivity contribution in [2.75, 3.05) is 7.05 Å². The van der Waals surface area contributed by atoms with Crippen LogP contribution in [0.4, 0.5) is 0 Å². The average Bonchev–Trinajstić information content (AvgIpc) is 2.86. The normalized spacial score (nSPS) is 20.1. The Kier molecular flexibility index (Phi) is 2.26. The van der Waals surface area contributed by atoms with Gasteiger partial charge in [-0.1, -0.05) is 11.6 Å². The van der Waals surface area contributed by atoms with Crippen LogP contribution in [0.3, 0.4) is 0 Å². The molecule has 0 spiro atoms. The highest BCUT2D eigenvalue weighted by molar-refractivity contribution is 6.07. The first-order valence-corrected chi connectivity index (χ1v) is 5.96. The molecule has 3 rings (SSSR count). The van der Waals surface area contributed by atoms with Gasteiger partial charge in [-0.2, -0.15) is 0 Å². The van der Waals surface area contributed by atoms with Gasteiger partial charge in [0, 0.05) is 30.6 Å². The van der Waals surface area contributed by atoms with E-state index in [0.717, 1.165) is 22.0 Å². The minimum Gasteiger partial charge on any atom is -0.361 e. The Morgan fingerprint density at radius 1 is 1.33 bits per heavy atom. The fourth-order valence-electron chi connectivity index (χ4n) is 2.54. The zero-order valence-corrected chi connectivity index (χ0v) is 10.4. The van der Waals surface area contributed by atoms with E-state index in [1.165, 1.54) is 4.90 Å². The molecule has 1 saturated heterocycles. The van der Waals surface area contributed by atoms with Crippen LogP contribution < -0.4 is 0 Å². The number of aryl methyl sites for hydroxylation is 1. The molecular formula is C14H14N2O2. The van der Waals surface area contributed by atoms with E-state index >= 15 is 0 Å². The van der Waals surface area contributed by atoms with E-state index in [0.29, 0.717) is 0 Å². The third kappa shape index (κ3) is 1.45. The molecule has 1 aliphatic heterocycles. The maximum Gasteiger partial charge on any atom is 0.237 e. The molecule has 4 heteroatoms. The van der Waals surface area contributed by atoms with Gasteiger partial charge in [-0.05, 0) is 24.6 Å². The largest absolute Gasteiger partial charge is 0.361 e. The van der Waals surface area contributed by atoms with Crippen molar-refractivity contribution >= 4 is 22.7 Å². The molecule has 2 aromatic rings. The average molecular weight is 242 g/mol. The van der Waals surface area contributed by atoms with Gasteiger partial charge in [0.1, 0.15) is 0 Å². The second kappa shape index (κ2) is 3.70. The first-order valence-electron chi connectivity index (χ1n) is 5.96. The van der Waals surface area contributed by atoms with Crippen LogP contribution in [0.25, 0.3) is 10.9 Å². The van der Waals surface area contributed by atoms with Crippen molar-refractivity contribution in [3.05, 3.63) is 35.5 Å². The second-order valence-electron chi connectivity index (χ2n) is 4.84. The summed E-state index contributed by atoms with van der Waals surface area (Å²) in [5.74, 6) is -0.549. The summed E-state index contributed by atoms with van der Waals surface area (Å²) in [7, 11) is 1.55. The summed E-state index contributed by atoms with van der Waals surface area (Å²) in [4.78, 5) is 28.0. The molecule has 0 saturated carbocycles. The van der Waals surface area contributed by atoms with Crippen LogP contribution in [0.15, 0.2) is 24.4 Å². The van der Waals surface area contributed by atoms with Gasteiger partial charge >= 0.3 is 0 Å². The Morgan fingerprint density at radius 2 is 2.11 bits per heavy atom. The molecule has 18 heavy (non-hydrogen) atoms. The Morgan fingerprint density at radius 3 is 2.78 bits per heavy atom. The molecule has 4 nitrogen and oxygen atoms in total.